The highest BCUT2D eigenvalue weighted by Gasteiger charge is 2.14. The molecule has 0 heterocycles. The molecule has 1 amide bonds. The first-order valence-electron chi connectivity index (χ1n) is 10.6. The normalized spacial score (nSPS) is 11.0. The van der Waals surface area contributed by atoms with Crippen LogP contribution in [0.15, 0.2) is 96.6 Å². The lowest BCUT2D eigenvalue weighted by Gasteiger charge is -2.10. The molecule has 0 aliphatic heterocycles. The summed E-state index contributed by atoms with van der Waals surface area (Å²) in [5.41, 5.74) is 2.80. The predicted octanol–water partition coefficient (Wildman–Crippen LogP) is 4.89. The van der Waals surface area contributed by atoms with Crippen LogP contribution in [0, 0.1) is 0 Å². The number of ether oxygens (including phenoxy) is 1. The third kappa shape index (κ3) is 8.43. The number of rotatable bonds is 10. The van der Waals surface area contributed by atoms with E-state index in [0.717, 1.165) is 22.9 Å². The second-order valence-corrected chi connectivity index (χ2v) is 8.12. The van der Waals surface area contributed by atoms with Gasteiger partial charge in [0.25, 0.3) is 0 Å². The maximum absolute atomic E-state index is 12.8. The van der Waals surface area contributed by atoms with E-state index in [2.05, 4.69) is 5.32 Å². The van der Waals surface area contributed by atoms with Gasteiger partial charge in [-0.3, -0.25) is 14.4 Å². The first kappa shape index (κ1) is 24.0. The van der Waals surface area contributed by atoms with Crippen molar-refractivity contribution in [3.05, 3.63) is 113 Å². The zero-order valence-corrected chi connectivity index (χ0v) is 18.9. The number of amides is 1. The quantitative estimate of drug-likeness (QED) is 0.345. The Balaban J connectivity index is 1.54. The first-order chi connectivity index (χ1) is 16.1. The zero-order valence-electron chi connectivity index (χ0n) is 18.1. The second kappa shape index (κ2) is 13.0. The van der Waals surface area contributed by atoms with Crippen LogP contribution in [-0.2, 0) is 20.9 Å². The minimum atomic E-state index is -0.388. The van der Waals surface area contributed by atoms with Crippen LogP contribution in [0.1, 0.15) is 27.9 Å². The van der Waals surface area contributed by atoms with Crippen molar-refractivity contribution in [2.45, 2.75) is 13.0 Å². The Morgan fingerprint density at radius 1 is 0.818 bits per heavy atom. The largest absolute Gasteiger partial charge is 0.461 e. The number of nitrogens with one attached hydrogen (secondary N) is 1. The average Bonchev–Trinajstić information content (AvgIpc) is 2.86. The Hall–Kier alpha value is -3.64. The lowest BCUT2D eigenvalue weighted by atomic mass is 10.1. The van der Waals surface area contributed by atoms with Crippen molar-refractivity contribution < 1.29 is 19.1 Å². The highest BCUT2D eigenvalue weighted by molar-refractivity contribution is 8.14. The van der Waals surface area contributed by atoms with Crippen LogP contribution in [-0.4, -0.2) is 29.3 Å². The van der Waals surface area contributed by atoms with Gasteiger partial charge in [-0.25, -0.2) is 0 Å². The van der Waals surface area contributed by atoms with E-state index >= 15 is 0 Å². The summed E-state index contributed by atoms with van der Waals surface area (Å²) in [6.07, 6.45) is 1.82. The van der Waals surface area contributed by atoms with Gasteiger partial charge in [-0.1, -0.05) is 103 Å². The summed E-state index contributed by atoms with van der Waals surface area (Å²) in [4.78, 5) is 37.3. The highest BCUT2D eigenvalue weighted by Crippen LogP contribution is 2.18. The summed E-state index contributed by atoms with van der Waals surface area (Å²) < 4.78 is 5.24. The van der Waals surface area contributed by atoms with Crippen molar-refractivity contribution in [1.29, 1.82) is 0 Å². The third-order valence-electron chi connectivity index (χ3n) is 4.66. The fraction of sp³-hybridized carbons (Fsp3) is 0.148. The molecule has 5 nitrogen and oxygen atoms in total. The lowest BCUT2D eigenvalue weighted by Crippen LogP contribution is -2.28. The van der Waals surface area contributed by atoms with Crippen LogP contribution in [0.5, 0.6) is 0 Å². The van der Waals surface area contributed by atoms with Crippen molar-refractivity contribution in [3.8, 4) is 0 Å². The van der Waals surface area contributed by atoms with E-state index in [1.54, 1.807) is 30.3 Å². The molecular weight excluding hydrogens is 434 g/mol. The summed E-state index contributed by atoms with van der Waals surface area (Å²) in [5, 5.41) is 2.66. The van der Waals surface area contributed by atoms with Crippen LogP contribution in [0.25, 0.3) is 6.08 Å². The van der Waals surface area contributed by atoms with Gasteiger partial charge in [-0.2, -0.15) is 0 Å². The molecule has 0 spiro atoms. The van der Waals surface area contributed by atoms with Gasteiger partial charge in [0.1, 0.15) is 6.61 Å². The fourth-order valence-corrected chi connectivity index (χ4v) is 3.73. The number of hydrogen-bond acceptors (Lipinski definition) is 5. The van der Waals surface area contributed by atoms with Crippen molar-refractivity contribution in [2.75, 3.05) is 12.3 Å². The van der Waals surface area contributed by atoms with Gasteiger partial charge in [0.05, 0.1) is 6.42 Å². The number of hydrogen-bond donors (Lipinski definition) is 1. The summed E-state index contributed by atoms with van der Waals surface area (Å²) in [6.45, 7) is 0.348. The van der Waals surface area contributed by atoms with E-state index in [-0.39, 0.29) is 42.3 Å². The van der Waals surface area contributed by atoms with Gasteiger partial charge < -0.3 is 10.1 Å². The molecule has 0 saturated heterocycles. The van der Waals surface area contributed by atoms with Crippen molar-refractivity contribution in [3.63, 3.8) is 0 Å². The molecule has 3 aromatic rings. The molecule has 0 aromatic heterocycles. The van der Waals surface area contributed by atoms with Gasteiger partial charge >= 0.3 is 5.97 Å². The number of esters is 1. The van der Waals surface area contributed by atoms with Gasteiger partial charge in [0.2, 0.25) is 11.0 Å². The van der Waals surface area contributed by atoms with Gasteiger partial charge in [-0.15, -0.1) is 0 Å². The molecular formula is C27H25NO4S. The SMILES string of the molecule is O=C(CCNC(=O)C(=Cc1ccccc1)CSC(=O)c1ccccc1)OCc1ccccc1. The van der Waals surface area contributed by atoms with Crippen molar-refractivity contribution in [1.82, 2.24) is 5.32 Å². The average molecular weight is 460 g/mol. The molecule has 0 atom stereocenters. The molecule has 1 N–H and O–H groups in total. The minimum absolute atomic E-state index is 0.0628. The lowest BCUT2D eigenvalue weighted by molar-refractivity contribution is -0.144. The summed E-state index contributed by atoms with van der Waals surface area (Å²) in [5.74, 6) is -0.489. The molecule has 0 fully saturated rings. The standard InChI is InChI=1S/C27H25NO4S/c29-25(32-19-22-12-6-2-7-13-22)16-17-28-26(30)24(18-21-10-4-1-5-11-21)20-33-27(31)23-14-8-3-9-15-23/h1-15,18H,16-17,19-20H2,(H,28,30). The number of carbonyl (C=O) groups excluding carboxylic acids is 3. The number of thioether (sulfide) groups is 1. The molecule has 0 unspecified atom stereocenters. The molecule has 0 bridgehead atoms. The summed E-state index contributed by atoms with van der Waals surface area (Å²) in [7, 11) is 0. The van der Waals surface area contributed by atoms with Crippen LogP contribution in [0.4, 0.5) is 0 Å². The molecule has 33 heavy (non-hydrogen) atoms. The molecule has 0 saturated carbocycles. The second-order valence-electron chi connectivity index (χ2n) is 7.17. The molecule has 168 valence electrons. The maximum Gasteiger partial charge on any atom is 0.307 e. The van der Waals surface area contributed by atoms with Crippen LogP contribution in [0.2, 0.25) is 0 Å². The minimum Gasteiger partial charge on any atom is -0.461 e. The molecule has 0 aliphatic carbocycles. The van der Waals surface area contributed by atoms with E-state index in [4.69, 9.17) is 4.74 Å². The van der Waals surface area contributed by atoms with Crippen molar-refractivity contribution in [2.24, 2.45) is 0 Å². The van der Waals surface area contributed by atoms with Gasteiger partial charge in [0.15, 0.2) is 0 Å². The summed E-state index contributed by atoms with van der Waals surface area (Å²) >= 11 is 1.07. The Kier molecular flexibility index (Phi) is 9.48. The van der Waals surface area contributed by atoms with E-state index in [1.165, 1.54) is 0 Å². The Morgan fingerprint density at radius 3 is 2.09 bits per heavy atom. The fourth-order valence-electron chi connectivity index (χ4n) is 2.93. The van der Waals surface area contributed by atoms with Crippen LogP contribution >= 0.6 is 11.8 Å². The van der Waals surface area contributed by atoms with E-state index < -0.39 is 0 Å². The van der Waals surface area contributed by atoms with Crippen molar-refractivity contribution >= 4 is 34.8 Å². The Labute approximate surface area is 197 Å². The first-order valence-corrected chi connectivity index (χ1v) is 11.6. The van der Waals surface area contributed by atoms with Crippen LogP contribution in [0.3, 0.4) is 0 Å². The Bertz CT molecular complexity index is 1080. The van der Waals surface area contributed by atoms with E-state index in [1.807, 2.05) is 66.7 Å². The zero-order chi connectivity index (χ0) is 23.3. The van der Waals surface area contributed by atoms with Gasteiger partial charge in [-0.05, 0) is 17.2 Å². The molecule has 0 aliphatic rings. The molecule has 3 rings (SSSR count). The Morgan fingerprint density at radius 2 is 1.42 bits per heavy atom. The highest BCUT2D eigenvalue weighted by atomic mass is 32.2. The topological polar surface area (TPSA) is 72.5 Å². The summed E-state index contributed by atoms with van der Waals surface area (Å²) in [6, 6.07) is 27.8. The van der Waals surface area contributed by atoms with E-state index in [0.29, 0.717) is 11.1 Å². The molecule has 3 aromatic carbocycles. The molecule has 0 radical (unpaired) electrons. The predicted molar refractivity (Wildman–Crippen MR) is 132 cm³/mol. The third-order valence-corrected chi connectivity index (χ3v) is 5.61. The van der Waals surface area contributed by atoms with E-state index in [9.17, 15) is 14.4 Å². The number of benzene rings is 3. The maximum atomic E-state index is 12.8. The smallest absolute Gasteiger partial charge is 0.307 e. The molecule has 6 heteroatoms. The van der Waals surface area contributed by atoms with Gasteiger partial charge in [0, 0.05) is 23.4 Å². The van der Waals surface area contributed by atoms with Crippen LogP contribution < -0.4 is 5.32 Å². The number of carbonyl (C=O) groups is 3. The monoisotopic (exact) mass is 459 g/mol.